The van der Waals surface area contributed by atoms with Crippen molar-refractivity contribution in [2.75, 3.05) is 28.8 Å². The summed E-state index contributed by atoms with van der Waals surface area (Å²) in [5.74, 6) is 8.28. The van der Waals surface area contributed by atoms with Crippen LogP contribution in [0.25, 0.3) is 0 Å². The molecule has 19 heavy (non-hydrogen) atoms. The molecule has 1 aromatic heterocycles. The molecule has 0 unspecified atom stereocenters. The van der Waals surface area contributed by atoms with E-state index in [9.17, 15) is 10.1 Å². The lowest BCUT2D eigenvalue weighted by molar-refractivity contribution is -0.383. The summed E-state index contributed by atoms with van der Waals surface area (Å²) in [6.07, 6.45) is 3.50. The van der Waals surface area contributed by atoms with Gasteiger partial charge in [0.15, 0.2) is 0 Å². The Balaban J connectivity index is 2.08. The Morgan fingerprint density at radius 1 is 1.42 bits per heavy atom. The van der Waals surface area contributed by atoms with Gasteiger partial charge in [0.05, 0.1) is 4.92 Å². The number of rotatable bonds is 5. The molecule has 0 spiro atoms. The van der Waals surface area contributed by atoms with E-state index in [0.29, 0.717) is 12.5 Å². The molecule has 0 aliphatic carbocycles. The second-order valence-corrected chi connectivity index (χ2v) is 5.48. The van der Waals surface area contributed by atoms with Crippen LogP contribution >= 0.6 is 11.8 Å². The molecule has 1 fully saturated rings. The number of nitrogens with two attached hydrogens (primary N) is 1. The number of anilines is 2. The van der Waals surface area contributed by atoms with Crippen molar-refractivity contribution in [2.24, 2.45) is 11.8 Å². The van der Waals surface area contributed by atoms with E-state index in [1.54, 1.807) is 0 Å². The molecule has 1 saturated heterocycles. The molecule has 0 atom stereocenters. The highest BCUT2D eigenvalue weighted by molar-refractivity contribution is 7.99. The van der Waals surface area contributed by atoms with Gasteiger partial charge >= 0.3 is 5.69 Å². The summed E-state index contributed by atoms with van der Waals surface area (Å²) in [7, 11) is 0. The monoisotopic (exact) mass is 284 g/mol. The quantitative estimate of drug-likeness (QED) is 0.419. The molecular weight excluding hydrogens is 268 g/mol. The first-order chi connectivity index (χ1) is 9.22. The van der Waals surface area contributed by atoms with Crippen LogP contribution in [-0.4, -0.2) is 32.9 Å². The van der Waals surface area contributed by atoms with Gasteiger partial charge in [0.2, 0.25) is 11.6 Å². The Morgan fingerprint density at radius 3 is 2.74 bits per heavy atom. The topological polar surface area (TPSA) is 119 Å². The van der Waals surface area contributed by atoms with Crippen molar-refractivity contribution in [3.8, 4) is 0 Å². The normalized spacial score (nSPS) is 16.1. The molecule has 0 aromatic carbocycles. The summed E-state index contributed by atoms with van der Waals surface area (Å²) >= 11 is 1.95. The van der Waals surface area contributed by atoms with E-state index < -0.39 is 4.92 Å². The second-order valence-electron chi connectivity index (χ2n) is 4.26. The standard InChI is InChI=1S/C10H16N6O2S/c11-15-10-8(16(17)18)9(13-6-14-10)12-5-7-1-3-19-4-2-7/h6-7H,1-5,11H2,(H2,12,13,14,15). The highest BCUT2D eigenvalue weighted by atomic mass is 32.2. The van der Waals surface area contributed by atoms with E-state index in [1.807, 2.05) is 11.8 Å². The first kappa shape index (κ1) is 13.8. The Hall–Kier alpha value is -1.61. The van der Waals surface area contributed by atoms with Crippen molar-refractivity contribution in [1.82, 2.24) is 9.97 Å². The summed E-state index contributed by atoms with van der Waals surface area (Å²) in [5, 5.41) is 14.1. The fourth-order valence-electron chi connectivity index (χ4n) is 1.98. The Labute approximate surface area is 114 Å². The number of nitrogens with one attached hydrogen (secondary N) is 2. The third-order valence-corrected chi connectivity index (χ3v) is 4.09. The Kier molecular flexibility index (Phi) is 4.74. The van der Waals surface area contributed by atoms with Gasteiger partial charge in [-0.15, -0.1) is 0 Å². The summed E-state index contributed by atoms with van der Waals surface area (Å²) in [5.41, 5.74) is 2.01. The Morgan fingerprint density at radius 2 is 2.11 bits per heavy atom. The van der Waals surface area contributed by atoms with Gasteiger partial charge in [-0.1, -0.05) is 0 Å². The second kappa shape index (κ2) is 6.53. The predicted molar refractivity (Wildman–Crippen MR) is 75.0 cm³/mol. The maximum absolute atomic E-state index is 11.0. The average molecular weight is 284 g/mol. The van der Waals surface area contributed by atoms with Gasteiger partial charge in [0, 0.05) is 6.54 Å². The van der Waals surface area contributed by atoms with Crippen molar-refractivity contribution in [3.05, 3.63) is 16.4 Å². The third kappa shape index (κ3) is 3.44. The molecule has 0 amide bonds. The number of nitrogens with zero attached hydrogens (tertiary/aromatic N) is 3. The zero-order valence-electron chi connectivity index (χ0n) is 10.3. The van der Waals surface area contributed by atoms with Crippen LogP contribution in [0.3, 0.4) is 0 Å². The molecule has 1 aromatic rings. The highest BCUT2D eigenvalue weighted by Gasteiger charge is 2.23. The zero-order chi connectivity index (χ0) is 13.7. The van der Waals surface area contributed by atoms with Gasteiger partial charge in [-0.3, -0.25) is 10.1 Å². The van der Waals surface area contributed by atoms with Crippen molar-refractivity contribution >= 4 is 29.1 Å². The van der Waals surface area contributed by atoms with Crippen LogP contribution in [0.1, 0.15) is 12.8 Å². The van der Waals surface area contributed by atoms with Crippen LogP contribution in [0.4, 0.5) is 17.3 Å². The van der Waals surface area contributed by atoms with Crippen LogP contribution in [-0.2, 0) is 0 Å². The molecule has 8 nitrogen and oxygen atoms in total. The Bertz CT molecular complexity index is 452. The zero-order valence-corrected chi connectivity index (χ0v) is 11.2. The highest BCUT2D eigenvalue weighted by Crippen LogP contribution is 2.29. The molecule has 2 rings (SSSR count). The van der Waals surface area contributed by atoms with Crippen molar-refractivity contribution in [3.63, 3.8) is 0 Å². The maximum Gasteiger partial charge on any atom is 0.354 e. The molecule has 1 aliphatic heterocycles. The summed E-state index contributed by atoms with van der Waals surface area (Å²) in [6, 6.07) is 0. The van der Waals surface area contributed by atoms with E-state index in [4.69, 9.17) is 5.84 Å². The van der Waals surface area contributed by atoms with Gasteiger partial charge in [-0.05, 0) is 30.3 Å². The van der Waals surface area contributed by atoms with Crippen LogP contribution in [0, 0.1) is 16.0 Å². The lowest BCUT2D eigenvalue weighted by Crippen LogP contribution is -2.21. The van der Waals surface area contributed by atoms with E-state index in [2.05, 4.69) is 20.7 Å². The minimum atomic E-state index is -0.533. The summed E-state index contributed by atoms with van der Waals surface area (Å²) < 4.78 is 0. The molecule has 0 radical (unpaired) electrons. The minimum Gasteiger partial charge on any atom is -0.364 e. The van der Waals surface area contributed by atoms with E-state index in [-0.39, 0.29) is 17.3 Å². The molecular formula is C10H16N6O2S. The summed E-state index contributed by atoms with van der Waals surface area (Å²) in [6.45, 7) is 0.683. The molecule has 104 valence electrons. The lowest BCUT2D eigenvalue weighted by atomic mass is 10.0. The van der Waals surface area contributed by atoms with Gasteiger partial charge in [-0.2, -0.15) is 11.8 Å². The number of hydrogen-bond donors (Lipinski definition) is 3. The first-order valence-corrected chi connectivity index (χ1v) is 7.15. The fourth-order valence-corrected chi connectivity index (χ4v) is 3.18. The minimum absolute atomic E-state index is 0.0155. The van der Waals surface area contributed by atoms with Crippen molar-refractivity contribution in [2.45, 2.75) is 12.8 Å². The summed E-state index contributed by atoms with van der Waals surface area (Å²) in [4.78, 5) is 18.2. The van der Waals surface area contributed by atoms with E-state index >= 15 is 0 Å². The largest absolute Gasteiger partial charge is 0.364 e. The number of nitro groups is 1. The lowest BCUT2D eigenvalue weighted by Gasteiger charge is -2.21. The van der Waals surface area contributed by atoms with E-state index in [1.165, 1.54) is 6.33 Å². The van der Waals surface area contributed by atoms with Crippen molar-refractivity contribution < 1.29 is 4.92 Å². The van der Waals surface area contributed by atoms with Crippen LogP contribution in [0.5, 0.6) is 0 Å². The molecule has 0 bridgehead atoms. The molecule has 2 heterocycles. The van der Waals surface area contributed by atoms with Gasteiger partial charge in [0.25, 0.3) is 0 Å². The number of hydrazine groups is 1. The molecule has 9 heteroatoms. The average Bonchev–Trinajstić information content (AvgIpc) is 2.45. The predicted octanol–water partition coefficient (Wildman–Crippen LogP) is 1.23. The van der Waals surface area contributed by atoms with Crippen LogP contribution in [0.15, 0.2) is 6.33 Å². The maximum atomic E-state index is 11.0. The first-order valence-electron chi connectivity index (χ1n) is 6.00. The van der Waals surface area contributed by atoms with Gasteiger partial charge in [0.1, 0.15) is 6.33 Å². The smallest absolute Gasteiger partial charge is 0.354 e. The van der Waals surface area contributed by atoms with Crippen molar-refractivity contribution in [1.29, 1.82) is 0 Å². The molecule has 1 aliphatic rings. The third-order valence-electron chi connectivity index (χ3n) is 3.04. The molecule has 0 saturated carbocycles. The van der Waals surface area contributed by atoms with Gasteiger partial charge < -0.3 is 10.7 Å². The van der Waals surface area contributed by atoms with E-state index in [0.717, 1.165) is 24.3 Å². The van der Waals surface area contributed by atoms with Crippen LogP contribution < -0.4 is 16.6 Å². The van der Waals surface area contributed by atoms with Gasteiger partial charge in [-0.25, -0.2) is 15.8 Å². The molecule has 4 N–H and O–H groups in total. The number of thioether (sulfide) groups is 1. The number of hydrogen-bond acceptors (Lipinski definition) is 8. The SMILES string of the molecule is NNc1ncnc(NCC2CCSCC2)c1[N+](=O)[O-]. The number of nitrogen functional groups attached to an aromatic ring is 1. The van der Waals surface area contributed by atoms with Crippen LogP contribution in [0.2, 0.25) is 0 Å². The number of aromatic nitrogens is 2. The fraction of sp³-hybridized carbons (Fsp3) is 0.600.